The summed E-state index contributed by atoms with van der Waals surface area (Å²) in [6, 6.07) is 8.88. The Bertz CT molecular complexity index is 286. The van der Waals surface area contributed by atoms with Gasteiger partial charge in [0.25, 0.3) is 0 Å². The van der Waals surface area contributed by atoms with Gasteiger partial charge in [-0.05, 0) is 12.1 Å². The molecular weight excluding hydrogens is 287 g/mol. The summed E-state index contributed by atoms with van der Waals surface area (Å²) in [6.07, 6.45) is 0. The summed E-state index contributed by atoms with van der Waals surface area (Å²) >= 11 is 0. The Morgan fingerprint density at radius 2 is 1.53 bits per heavy atom. The Labute approximate surface area is 101 Å². The largest absolute Gasteiger partial charge is 0 e. The minimum absolute atomic E-state index is 0. The van der Waals surface area contributed by atoms with Gasteiger partial charge in [0, 0.05) is 19.5 Å². The van der Waals surface area contributed by atoms with E-state index in [0.29, 0.717) is 5.56 Å². The maximum atomic E-state index is 10.8. The molecule has 1 rings (SSSR count). The van der Waals surface area contributed by atoms with E-state index in [4.69, 9.17) is 9.30 Å². The van der Waals surface area contributed by atoms with Crippen molar-refractivity contribution in [1.29, 1.82) is 0 Å². The van der Waals surface area contributed by atoms with E-state index in [2.05, 4.69) is 18.0 Å². The molecule has 1 aromatic rings. The number of ether oxygens (including phenoxy) is 1. The van der Waals surface area contributed by atoms with E-state index in [9.17, 15) is 4.79 Å². The van der Waals surface area contributed by atoms with Gasteiger partial charge in [0.15, 0.2) is 0 Å². The summed E-state index contributed by atoms with van der Waals surface area (Å²) in [5, 5.41) is 0. The molecule has 0 aromatic heterocycles. The zero-order chi connectivity index (χ0) is 11.4. The van der Waals surface area contributed by atoms with E-state index in [0.717, 1.165) is 0 Å². The van der Waals surface area contributed by atoms with Gasteiger partial charge in [-0.25, -0.2) is 4.79 Å². The second-order valence-corrected chi connectivity index (χ2v) is 1.86. The van der Waals surface area contributed by atoms with E-state index >= 15 is 0 Å². The van der Waals surface area contributed by atoms with Crippen LogP contribution in [0.5, 0.6) is 0 Å². The van der Waals surface area contributed by atoms with Crippen molar-refractivity contribution in [3.05, 3.63) is 49.2 Å². The summed E-state index contributed by atoms with van der Waals surface area (Å²) in [5.74, 6) is -0.291. The van der Waals surface area contributed by atoms with Crippen LogP contribution in [0, 0.1) is 13.3 Å². The fourth-order valence-electron chi connectivity index (χ4n) is 0.692. The van der Waals surface area contributed by atoms with Gasteiger partial charge in [-0.3, -0.25) is 0 Å². The molecule has 15 heavy (non-hydrogen) atoms. The molecule has 0 saturated carbocycles. The topological polar surface area (TPSA) is 66.1 Å². The van der Waals surface area contributed by atoms with Crippen molar-refractivity contribution in [1.82, 2.24) is 0 Å². The van der Waals surface area contributed by atoms with Crippen molar-refractivity contribution in [3.63, 3.8) is 0 Å². The van der Waals surface area contributed by atoms with Crippen molar-refractivity contribution >= 4 is 5.97 Å². The first-order valence-corrected chi connectivity index (χ1v) is 3.39. The molecule has 0 N–H and O–H groups in total. The zero-order valence-corrected chi connectivity index (χ0v) is 9.49. The van der Waals surface area contributed by atoms with Gasteiger partial charge in [0.1, 0.15) is 0 Å². The second kappa shape index (κ2) is 15.3. The average molecular weight is 295 g/mol. The molecule has 0 amide bonds. The van der Waals surface area contributed by atoms with Crippen LogP contribution in [0.2, 0.25) is 0 Å². The summed E-state index contributed by atoms with van der Waals surface area (Å²) < 4.78 is 19.5. The van der Waals surface area contributed by atoms with Gasteiger partial charge in [0.05, 0.1) is 12.7 Å². The van der Waals surface area contributed by atoms with Gasteiger partial charge in [-0.2, -0.15) is 0 Å². The van der Waals surface area contributed by atoms with Crippen molar-refractivity contribution in [2.75, 3.05) is 7.11 Å². The van der Waals surface area contributed by atoms with Crippen molar-refractivity contribution < 1.29 is 38.3 Å². The fourth-order valence-corrected chi connectivity index (χ4v) is 0.692. The molecule has 81 valence electrons. The molecule has 0 aliphatic heterocycles. The molecular formula is C10H8O4Rh. The number of carbonyl (C=O) groups is 1. The number of carbonyl (C=O) groups excluding carboxylic acids is 1. The Hall–Kier alpha value is -1.21. The second-order valence-electron chi connectivity index (χ2n) is 1.86. The predicted molar refractivity (Wildman–Crippen MR) is 45.6 cm³/mol. The average Bonchev–Trinajstić information content (AvgIpc) is 2.34. The van der Waals surface area contributed by atoms with Crippen LogP contribution in [-0.2, 0) is 33.5 Å². The SMILES string of the molecule is COC(=O)c1ccccc1.[C-]#[O+].[C-]#[O+].[Rh]. The van der Waals surface area contributed by atoms with Crippen LogP contribution in [0.1, 0.15) is 10.4 Å². The van der Waals surface area contributed by atoms with E-state index in [1.807, 2.05) is 6.07 Å². The third-order valence-corrected chi connectivity index (χ3v) is 1.19. The molecule has 4 nitrogen and oxygen atoms in total. The molecule has 0 heterocycles. The molecule has 5 heteroatoms. The molecule has 0 aliphatic rings. The van der Waals surface area contributed by atoms with E-state index < -0.39 is 0 Å². The first-order valence-electron chi connectivity index (χ1n) is 3.39. The van der Waals surface area contributed by atoms with Crippen molar-refractivity contribution in [2.45, 2.75) is 0 Å². The predicted octanol–water partition coefficient (Wildman–Crippen LogP) is 1.40. The third kappa shape index (κ3) is 9.11. The number of methoxy groups -OCH3 is 1. The molecule has 0 unspecified atom stereocenters. The minimum Gasteiger partial charge on any atom is 0 e. The number of esters is 1. The zero-order valence-electron chi connectivity index (χ0n) is 7.85. The van der Waals surface area contributed by atoms with E-state index in [1.165, 1.54) is 7.11 Å². The number of benzene rings is 1. The molecule has 1 aromatic carbocycles. The first kappa shape index (κ1) is 19.4. The van der Waals surface area contributed by atoms with Crippen LogP contribution in [0.3, 0.4) is 0 Å². The van der Waals surface area contributed by atoms with E-state index in [-0.39, 0.29) is 25.4 Å². The number of rotatable bonds is 1. The van der Waals surface area contributed by atoms with Gasteiger partial charge in [-0.15, -0.1) is 0 Å². The number of hydrogen-bond acceptors (Lipinski definition) is 2. The van der Waals surface area contributed by atoms with Crippen LogP contribution in [-0.4, -0.2) is 13.1 Å². The molecule has 0 fully saturated rings. The smallest absolute Gasteiger partial charge is 0 e. The van der Waals surface area contributed by atoms with Crippen molar-refractivity contribution in [3.8, 4) is 0 Å². The Balaban J connectivity index is -0.000000258. The van der Waals surface area contributed by atoms with Gasteiger partial charge < -0.3 is 4.74 Å². The van der Waals surface area contributed by atoms with Crippen molar-refractivity contribution in [2.24, 2.45) is 0 Å². The Kier molecular flexibility index (Phi) is 19.7. The normalized spacial score (nSPS) is 6.20. The molecule has 1 radical (unpaired) electrons. The van der Waals surface area contributed by atoms with Gasteiger partial charge in [0.2, 0.25) is 0 Å². The molecule has 0 aliphatic carbocycles. The summed E-state index contributed by atoms with van der Waals surface area (Å²) in [6.45, 7) is 9.00. The standard InChI is InChI=1S/C8H8O2.2CO.Rh/c1-10-8(9)7-5-3-2-4-6-7;2*1-2;/h2-6H,1H3;;;. The van der Waals surface area contributed by atoms with Crippen LogP contribution >= 0.6 is 0 Å². The molecule has 0 spiro atoms. The Morgan fingerprint density at radius 3 is 1.87 bits per heavy atom. The van der Waals surface area contributed by atoms with Crippen LogP contribution in [0.15, 0.2) is 30.3 Å². The summed E-state index contributed by atoms with van der Waals surface area (Å²) in [5.41, 5.74) is 0.588. The monoisotopic (exact) mass is 295 g/mol. The van der Waals surface area contributed by atoms with E-state index in [1.54, 1.807) is 24.3 Å². The maximum Gasteiger partial charge on any atom is 0 e. The van der Waals surface area contributed by atoms with Crippen LogP contribution < -0.4 is 0 Å². The van der Waals surface area contributed by atoms with Gasteiger partial charge in [-0.1, -0.05) is 18.2 Å². The molecule has 0 saturated heterocycles. The van der Waals surface area contributed by atoms with Crippen LogP contribution in [0.25, 0.3) is 0 Å². The summed E-state index contributed by atoms with van der Waals surface area (Å²) in [4.78, 5) is 10.8. The first-order chi connectivity index (χ1) is 6.84. The maximum absolute atomic E-state index is 10.8. The van der Waals surface area contributed by atoms with Crippen LogP contribution in [0.4, 0.5) is 0 Å². The van der Waals surface area contributed by atoms with Gasteiger partial charge >= 0.3 is 28.6 Å². The quantitative estimate of drug-likeness (QED) is 0.340. The molecule has 0 bridgehead atoms. The Morgan fingerprint density at radius 1 is 1.13 bits per heavy atom. The number of hydrogen-bond donors (Lipinski definition) is 0. The third-order valence-electron chi connectivity index (χ3n) is 1.19. The minimum atomic E-state index is -0.291. The summed E-state index contributed by atoms with van der Waals surface area (Å²) in [7, 11) is 1.37. The fraction of sp³-hybridized carbons (Fsp3) is 0.100. The molecule has 0 atom stereocenters.